The maximum atomic E-state index is 12.6. The Bertz CT molecular complexity index is 794. The highest BCUT2D eigenvalue weighted by Crippen LogP contribution is 2.19. The van der Waals surface area contributed by atoms with E-state index >= 15 is 0 Å². The van der Waals surface area contributed by atoms with Crippen molar-refractivity contribution in [3.05, 3.63) is 41.8 Å². The molecule has 0 saturated carbocycles. The van der Waals surface area contributed by atoms with Gasteiger partial charge in [0.2, 0.25) is 0 Å². The van der Waals surface area contributed by atoms with E-state index in [1.807, 2.05) is 0 Å². The summed E-state index contributed by atoms with van der Waals surface area (Å²) in [6, 6.07) is 7.84. The summed E-state index contributed by atoms with van der Waals surface area (Å²) in [5.41, 5.74) is 0.266. The number of piperidine rings is 1. The van der Waals surface area contributed by atoms with Crippen molar-refractivity contribution in [2.24, 2.45) is 0 Å². The minimum Gasteiger partial charge on any atom is -0.508 e. The van der Waals surface area contributed by atoms with E-state index < -0.39 is 6.10 Å². The van der Waals surface area contributed by atoms with Gasteiger partial charge in [-0.05, 0) is 51.0 Å². The van der Waals surface area contributed by atoms with E-state index in [1.54, 1.807) is 36.9 Å². The number of aromatic hydroxyl groups is 1. The molecule has 1 saturated heterocycles. The topological polar surface area (TPSA) is 105 Å². The van der Waals surface area contributed by atoms with E-state index in [0.717, 1.165) is 0 Å². The summed E-state index contributed by atoms with van der Waals surface area (Å²) in [5.74, 6) is 0.897. The van der Waals surface area contributed by atoms with Gasteiger partial charge in [-0.1, -0.05) is 5.16 Å². The van der Waals surface area contributed by atoms with Crippen LogP contribution in [0.5, 0.6) is 11.5 Å². The number of likely N-dealkylation sites (tertiary alicyclic amines) is 1. The highest BCUT2D eigenvalue weighted by atomic mass is 16.5. The highest BCUT2D eigenvalue weighted by molar-refractivity contribution is 5.92. The number of nitrogens with zero attached hydrogens (tertiary/aromatic N) is 2. The van der Waals surface area contributed by atoms with Gasteiger partial charge in [-0.3, -0.25) is 9.59 Å². The van der Waals surface area contributed by atoms with Crippen LogP contribution in [0.1, 0.15) is 36.0 Å². The van der Waals surface area contributed by atoms with Gasteiger partial charge in [0.1, 0.15) is 17.3 Å². The molecule has 1 atom stereocenters. The SMILES string of the molecule is Cc1cc(C(=O)NC2CCN(C(=O)C(C)Oc3ccc(O)cc3)CC2)no1. The van der Waals surface area contributed by atoms with Crippen molar-refractivity contribution in [3.8, 4) is 11.5 Å². The maximum Gasteiger partial charge on any atom is 0.273 e. The lowest BCUT2D eigenvalue weighted by atomic mass is 10.0. The summed E-state index contributed by atoms with van der Waals surface area (Å²) in [5, 5.41) is 15.9. The third kappa shape index (κ3) is 4.78. The van der Waals surface area contributed by atoms with Crippen LogP contribution in [0.4, 0.5) is 0 Å². The molecular weight excluding hydrogens is 350 g/mol. The van der Waals surface area contributed by atoms with Crippen LogP contribution in [0.15, 0.2) is 34.9 Å². The summed E-state index contributed by atoms with van der Waals surface area (Å²) >= 11 is 0. The largest absolute Gasteiger partial charge is 0.508 e. The Hall–Kier alpha value is -3.03. The lowest BCUT2D eigenvalue weighted by Crippen LogP contribution is -2.49. The van der Waals surface area contributed by atoms with Crippen molar-refractivity contribution in [1.82, 2.24) is 15.4 Å². The molecule has 1 fully saturated rings. The molecule has 1 unspecified atom stereocenters. The fourth-order valence-electron chi connectivity index (χ4n) is 3.01. The zero-order chi connectivity index (χ0) is 19.4. The van der Waals surface area contributed by atoms with Crippen LogP contribution in [0.3, 0.4) is 0 Å². The Labute approximate surface area is 157 Å². The number of aromatic nitrogens is 1. The van der Waals surface area contributed by atoms with Gasteiger partial charge in [-0.15, -0.1) is 0 Å². The van der Waals surface area contributed by atoms with Gasteiger partial charge >= 0.3 is 0 Å². The second-order valence-corrected chi connectivity index (χ2v) is 6.65. The van der Waals surface area contributed by atoms with Crippen LogP contribution in [-0.4, -0.2) is 52.2 Å². The minimum absolute atomic E-state index is 0.00752. The van der Waals surface area contributed by atoms with Crippen molar-refractivity contribution < 1.29 is 24.0 Å². The number of phenolic OH excluding ortho intramolecular Hbond substituents is 1. The number of amides is 2. The number of hydrogen-bond donors (Lipinski definition) is 2. The Morgan fingerprint density at radius 2 is 1.96 bits per heavy atom. The molecule has 1 aliphatic heterocycles. The Kier molecular flexibility index (Phi) is 5.63. The van der Waals surface area contributed by atoms with E-state index in [4.69, 9.17) is 9.26 Å². The van der Waals surface area contributed by atoms with Gasteiger partial charge in [-0.2, -0.15) is 0 Å². The quantitative estimate of drug-likeness (QED) is 0.829. The van der Waals surface area contributed by atoms with Gasteiger partial charge in [0.15, 0.2) is 11.8 Å². The fourth-order valence-corrected chi connectivity index (χ4v) is 3.01. The van der Waals surface area contributed by atoms with Crippen LogP contribution in [0, 0.1) is 6.92 Å². The van der Waals surface area contributed by atoms with Crippen molar-refractivity contribution in [2.75, 3.05) is 13.1 Å². The smallest absolute Gasteiger partial charge is 0.273 e. The molecule has 2 amide bonds. The van der Waals surface area contributed by atoms with E-state index in [-0.39, 0.29) is 29.3 Å². The molecule has 8 heteroatoms. The number of aryl methyl sites for hydroxylation is 1. The summed E-state index contributed by atoms with van der Waals surface area (Å²) < 4.78 is 10.6. The average Bonchev–Trinajstić information content (AvgIpc) is 3.10. The summed E-state index contributed by atoms with van der Waals surface area (Å²) in [4.78, 5) is 26.4. The van der Waals surface area contributed by atoms with Gasteiger partial charge < -0.3 is 24.6 Å². The Balaban J connectivity index is 1.47. The fraction of sp³-hybridized carbons (Fsp3) is 0.421. The minimum atomic E-state index is -0.626. The molecule has 1 aliphatic rings. The molecule has 0 spiro atoms. The average molecular weight is 373 g/mol. The van der Waals surface area contributed by atoms with Gasteiger partial charge in [-0.25, -0.2) is 0 Å². The third-order valence-corrected chi connectivity index (χ3v) is 4.50. The van der Waals surface area contributed by atoms with Crippen molar-refractivity contribution in [1.29, 1.82) is 0 Å². The molecule has 2 aromatic rings. The van der Waals surface area contributed by atoms with E-state index in [1.165, 1.54) is 12.1 Å². The summed E-state index contributed by atoms with van der Waals surface area (Å²) in [6.07, 6.45) is 0.708. The van der Waals surface area contributed by atoms with Crippen molar-refractivity contribution in [3.63, 3.8) is 0 Å². The number of benzene rings is 1. The van der Waals surface area contributed by atoms with Gasteiger partial charge in [0.05, 0.1) is 0 Å². The number of carbonyl (C=O) groups excluding carboxylic acids is 2. The molecule has 1 aromatic heterocycles. The zero-order valence-corrected chi connectivity index (χ0v) is 15.3. The number of carbonyl (C=O) groups is 2. The normalized spacial score (nSPS) is 16.0. The molecular formula is C19H23N3O5. The molecule has 1 aromatic carbocycles. The molecule has 0 aliphatic carbocycles. The molecule has 0 bridgehead atoms. The van der Waals surface area contributed by atoms with Crippen molar-refractivity contribution >= 4 is 11.8 Å². The molecule has 144 valence electrons. The molecule has 3 rings (SSSR count). The number of rotatable bonds is 5. The van der Waals surface area contributed by atoms with Crippen LogP contribution in [-0.2, 0) is 4.79 Å². The zero-order valence-electron chi connectivity index (χ0n) is 15.3. The van der Waals surface area contributed by atoms with E-state index in [9.17, 15) is 14.7 Å². The first-order chi connectivity index (χ1) is 12.9. The molecule has 8 nitrogen and oxygen atoms in total. The number of nitrogens with one attached hydrogen (secondary N) is 1. The summed E-state index contributed by atoms with van der Waals surface area (Å²) in [7, 11) is 0. The second-order valence-electron chi connectivity index (χ2n) is 6.65. The van der Waals surface area contributed by atoms with Crippen LogP contribution in [0.2, 0.25) is 0 Å². The summed E-state index contributed by atoms with van der Waals surface area (Å²) in [6.45, 7) is 4.53. The Morgan fingerprint density at radius 1 is 1.30 bits per heavy atom. The molecule has 2 N–H and O–H groups in total. The molecule has 27 heavy (non-hydrogen) atoms. The van der Waals surface area contributed by atoms with Crippen LogP contribution >= 0.6 is 0 Å². The first-order valence-electron chi connectivity index (χ1n) is 8.91. The van der Waals surface area contributed by atoms with E-state index in [2.05, 4.69) is 10.5 Å². The van der Waals surface area contributed by atoms with Crippen LogP contribution < -0.4 is 10.1 Å². The first kappa shape index (κ1) is 18.8. The van der Waals surface area contributed by atoms with E-state index in [0.29, 0.717) is 37.4 Å². The molecule has 0 radical (unpaired) electrons. The molecule has 2 heterocycles. The predicted octanol–water partition coefficient (Wildman–Crippen LogP) is 1.88. The van der Waals surface area contributed by atoms with Gasteiger partial charge in [0.25, 0.3) is 11.8 Å². The standard InChI is InChI=1S/C19H23N3O5/c1-12-11-17(21-27-12)18(24)20-14-7-9-22(10-8-14)19(25)13(2)26-16-5-3-15(23)4-6-16/h3-6,11,13-14,23H,7-10H2,1-2H3,(H,20,24). The lowest BCUT2D eigenvalue weighted by molar-refractivity contribution is -0.139. The number of hydrogen-bond acceptors (Lipinski definition) is 6. The lowest BCUT2D eigenvalue weighted by Gasteiger charge is -2.33. The second kappa shape index (κ2) is 8.11. The monoisotopic (exact) mass is 373 g/mol. The number of ether oxygens (including phenoxy) is 1. The maximum absolute atomic E-state index is 12.6. The first-order valence-corrected chi connectivity index (χ1v) is 8.91. The number of phenols is 1. The van der Waals surface area contributed by atoms with Crippen LogP contribution in [0.25, 0.3) is 0 Å². The third-order valence-electron chi connectivity index (χ3n) is 4.50. The predicted molar refractivity (Wildman–Crippen MR) is 96.5 cm³/mol. The Morgan fingerprint density at radius 3 is 2.56 bits per heavy atom. The van der Waals surface area contributed by atoms with Gasteiger partial charge in [0, 0.05) is 25.2 Å². The van der Waals surface area contributed by atoms with Crippen molar-refractivity contribution in [2.45, 2.75) is 38.8 Å². The highest BCUT2D eigenvalue weighted by Gasteiger charge is 2.28.